The van der Waals surface area contributed by atoms with Gasteiger partial charge in [-0.2, -0.15) is 0 Å². The van der Waals surface area contributed by atoms with Crippen molar-refractivity contribution in [2.75, 3.05) is 11.9 Å². The standard InChI is InChI=1S/C11H9FN2O2/c12-6-2-1-3-7-9(6)11(16)14-5-4-8(14)10(15)13-7/h1-3,8H,4-5H2,(H,13,15)/t8-/m0/s1. The molecule has 2 amide bonds. The number of fused-ring (bicyclic) bond motifs is 2. The number of amides is 2. The molecule has 16 heavy (non-hydrogen) atoms. The van der Waals surface area contributed by atoms with Gasteiger partial charge < -0.3 is 10.2 Å². The van der Waals surface area contributed by atoms with Gasteiger partial charge in [0.25, 0.3) is 5.91 Å². The van der Waals surface area contributed by atoms with Crippen molar-refractivity contribution in [3.05, 3.63) is 29.6 Å². The first-order valence-corrected chi connectivity index (χ1v) is 5.09. The van der Waals surface area contributed by atoms with E-state index in [0.29, 0.717) is 13.0 Å². The average molecular weight is 220 g/mol. The Balaban J connectivity index is 2.17. The second-order valence-corrected chi connectivity index (χ2v) is 3.95. The van der Waals surface area contributed by atoms with Crippen LogP contribution < -0.4 is 5.32 Å². The smallest absolute Gasteiger partial charge is 0.259 e. The summed E-state index contributed by atoms with van der Waals surface area (Å²) in [4.78, 5) is 25.0. The Labute approximate surface area is 91.0 Å². The molecule has 1 fully saturated rings. The minimum Gasteiger partial charge on any atom is -0.326 e. The second kappa shape index (κ2) is 3.04. The van der Waals surface area contributed by atoms with Crippen molar-refractivity contribution in [2.24, 2.45) is 0 Å². The average Bonchev–Trinajstić information content (AvgIpc) is 2.20. The molecule has 1 saturated heterocycles. The van der Waals surface area contributed by atoms with E-state index < -0.39 is 17.8 Å². The summed E-state index contributed by atoms with van der Waals surface area (Å²) in [6.07, 6.45) is 0.646. The number of nitrogens with zero attached hydrogens (tertiary/aromatic N) is 1. The van der Waals surface area contributed by atoms with E-state index in [2.05, 4.69) is 5.32 Å². The van der Waals surface area contributed by atoms with E-state index in [4.69, 9.17) is 0 Å². The molecule has 1 aromatic carbocycles. The van der Waals surface area contributed by atoms with Crippen LogP contribution in [-0.4, -0.2) is 29.3 Å². The lowest BCUT2D eigenvalue weighted by Gasteiger charge is -2.37. The molecule has 4 nitrogen and oxygen atoms in total. The number of carbonyl (C=O) groups excluding carboxylic acids is 2. The van der Waals surface area contributed by atoms with Crippen LogP contribution in [0.4, 0.5) is 10.1 Å². The van der Waals surface area contributed by atoms with Crippen LogP contribution in [0, 0.1) is 5.82 Å². The SMILES string of the molecule is O=C1Nc2cccc(F)c2C(=O)N2CC[C@@H]12. The lowest BCUT2D eigenvalue weighted by molar-refractivity contribution is -0.123. The first-order valence-electron chi connectivity index (χ1n) is 5.09. The highest BCUT2D eigenvalue weighted by Crippen LogP contribution is 2.30. The fourth-order valence-corrected chi connectivity index (χ4v) is 2.11. The Hall–Kier alpha value is -1.91. The van der Waals surface area contributed by atoms with Crippen molar-refractivity contribution in [3.8, 4) is 0 Å². The van der Waals surface area contributed by atoms with Crippen molar-refractivity contribution in [3.63, 3.8) is 0 Å². The van der Waals surface area contributed by atoms with E-state index in [1.807, 2.05) is 0 Å². The number of hydrogen-bond acceptors (Lipinski definition) is 2. The molecule has 0 spiro atoms. The van der Waals surface area contributed by atoms with Crippen LogP contribution in [0.1, 0.15) is 16.8 Å². The van der Waals surface area contributed by atoms with E-state index in [1.54, 1.807) is 6.07 Å². The van der Waals surface area contributed by atoms with Gasteiger partial charge in [0.05, 0.1) is 11.3 Å². The van der Waals surface area contributed by atoms with Gasteiger partial charge in [-0.05, 0) is 18.6 Å². The summed E-state index contributed by atoms with van der Waals surface area (Å²) in [7, 11) is 0. The van der Waals surface area contributed by atoms with E-state index in [0.717, 1.165) is 0 Å². The molecule has 0 aromatic heterocycles. The molecule has 0 bridgehead atoms. The van der Waals surface area contributed by atoms with E-state index in [-0.39, 0.29) is 17.2 Å². The molecule has 82 valence electrons. The normalized spacial score (nSPS) is 22.8. The van der Waals surface area contributed by atoms with Gasteiger partial charge in [-0.1, -0.05) is 6.07 Å². The van der Waals surface area contributed by atoms with Crippen LogP contribution in [0.2, 0.25) is 0 Å². The molecule has 0 aliphatic carbocycles. The maximum absolute atomic E-state index is 13.6. The summed E-state index contributed by atoms with van der Waals surface area (Å²) in [5.74, 6) is -1.22. The number of nitrogens with one attached hydrogen (secondary N) is 1. The highest BCUT2D eigenvalue weighted by Gasteiger charge is 2.42. The number of benzene rings is 1. The second-order valence-electron chi connectivity index (χ2n) is 3.95. The summed E-state index contributed by atoms with van der Waals surface area (Å²) in [5, 5.41) is 2.58. The monoisotopic (exact) mass is 220 g/mol. The van der Waals surface area contributed by atoms with Gasteiger partial charge >= 0.3 is 0 Å². The summed E-state index contributed by atoms with van der Waals surface area (Å²) in [6.45, 7) is 0.519. The lowest BCUT2D eigenvalue weighted by atomic mass is 10.0. The summed E-state index contributed by atoms with van der Waals surface area (Å²) < 4.78 is 13.6. The first-order chi connectivity index (χ1) is 7.68. The zero-order valence-electron chi connectivity index (χ0n) is 8.37. The van der Waals surface area contributed by atoms with Crippen LogP contribution in [-0.2, 0) is 4.79 Å². The van der Waals surface area contributed by atoms with Gasteiger partial charge in [0.2, 0.25) is 5.91 Å². The fourth-order valence-electron chi connectivity index (χ4n) is 2.11. The Kier molecular flexibility index (Phi) is 1.77. The predicted octanol–water partition coefficient (Wildman–Crippen LogP) is 0.992. The summed E-state index contributed by atoms with van der Waals surface area (Å²) in [6, 6.07) is 3.81. The predicted molar refractivity (Wildman–Crippen MR) is 54.5 cm³/mol. The topological polar surface area (TPSA) is 49.4 Å². The molecule has 5 heteroatoms. The third-order valence-electron chi connectivity index (χ3n) is 3.07. The van der Waals surface area contributed by atoms with Gasteiger partial charge in [-0.25, -0.2) is 4.39 Å². The van der Waals surface area contributed by atoms with Crippen molar-refractivity contribution < 1.29 is 14.0 Å². The number of anilines is 1. The van der Waals surface area contributed by atoms with Crippen LogP contribution in [0.3, 0.4) is 0 Å². The van der Waals surface area contributed by atoms with Crippen LogP contribution in [0.5, 0.6) is 0 Å². The maximum Gasteiger partial charge on any atom is 0.259 e. The molecule has 0 radical (unpaired) electrons. The van der Waals surface area contributed by atoms with Crippen LogP contribution >= 0.6 is 0 Å². The highest BCUT2D eigenvalue weighted by atomic mass is 19.1. The molecule has 1 N–H and O–H groups in total. The minimum absolute atomic E-state index is 0.0296. The Bertz CT molecular complexity index is 501. The number of rotatable bonds is 0. The van der Waals surface area contributed by atoms with Gasteiger partial charge in [-0.3, -0.25) is 9.59 Å². The zero-order chi connectivity index (χ0) is 11.3. The third-order valence-corrected chi connectivity index (χ3v) is 3.07. The van der Waals surface area contributed by atoms with Crippen molar-refractivity contribution >= 4 is 17.5 Å². The Morgan fingerprint density at radius 1 is 1.38 bits per heavy atom. The molecule has 2 heterocycles. The van der Waals surface area contributed by atoms with Gasteiger partial charge in [0.1, 0.15) is 11.9 Å². The maximum atomic E-state index is 13.6. The number of carbonyl (C=O) groups is 2. The van der Waals surface area contributed by atoms with Gasteiger partial charge in [-0.15, -0.1) is 0 Å². The van der Waals surface area contributed by atoms with Crippen molar-refractivity contribution in [2.45, 2.75) is 12.5 Å². The number of hydrogen-bond donors (Lipinski definition) is 1. The van der Waals surface area contributed by atoms with E-state index >= 15 is 0 Å². The van der Waals surface area contributed by atoms with Gasteiger partial charge in [0, 0.05) is 6.54 Å². The number of halogens is 1. The summed E-state index contributed by atoms with van der Waals surface area (Å²) >= 11 is 0. The van der Waals surface area contributed by atoms with Crippen molar-refractivity contribution in [1.29, 1.82) is 0 Å². The van der Waals surface area contributed by atoms with E-state index in [1.165, 1.54) is 17.0 Å². The Morgan fingerprint density at radius 3 is 2.88 bits per heavy atom. The minimum atomic E-state index is -0.588. The molecular formula is C11H9FN2O2. The molecule has 0 unspecified atom stereocenters. The van der Waals surface area contributed by atoms with E-state index in [9.17, 15) is 14.0 Å². The molecule has 1 atom stereocenters. The first kappa shape index (κ1) is 9.33. The molecule has 2 aliphatic rings. The van der Waals surface area contributed by atoms with Crippen LogP contribution in [0.15, 0.2) is 18.2 Å². The highest BCUT2D eigenvalue weighted by molar-refractivity contribution is 6.10. The van der Waals surface area contributed by atoms with Gasteiger partial charge in [0.15, 0.2) is 0 Å². The fraction of sp³-hybridized carbons (Fsp3) is 0.273. The van der Waals surface area contributed by atoms with Crippen molar-refractivity contribution in [1.82, 2.24) is 4.90 Å². The quantitative estimate of drug-likeness (QED) is 0.708. The lowest BCUT2D eigenvalue weighted by Crippen LogP contribution is -2.55. The molecule has 3 rings (SSSR count). The Morgan fingerprint density at radius 2 is 2.19 bits per heavy atom. The summed E-state index contributed by atoms with van der Waals surface area (Å²) in [5.41, 5.74) is 0.238. The molecule has 1 aromatic rings. The largest absolute Gasteiger partial charge is 0.326 e. The van der Waals surface area contributed by atoms with Crippen LogP contribution in [0.25, 0.3) is 0 Å². The molecule has 2 aliphatic heterocycles. The molecule has 0 saturated carbocycles. The zero-order valence-corrected chi connectivity index (χ0v) is 8.37. The third kappa shape index (κ3) is 1.08. The molecular weight excluding hydrogens is 211 g/mol.